The van der Waals surface area contributed by atoms with Crippen LogP contribution in [0.3, 0.4) is 0 Å². The summed E-state index contributed by atoms with van der Waals surface area (Å²) in [6.07, 6.45) is 4.05. The van der Waals surface area contributed by atoms with Gasteiger partial charge in [0, 0.05) is 5.92 Å². The molecule has 0 bridgehead atoms. The lowest BCUT2D eigenvalue weighted by Gasteiger charge is -2.13. The third kappa shape index (κ3) is 5.91. The van der Waals surface area contributed by atoms with E-state index in [1.165, 1.54) is 0 Å². The van der Waals surface area contributed by atoms with Crippen molar-refractivity contribution in [3.05, 3.63) is 0 Å². The van der Waals surface area contributed by atoms with Crippen LogP contribution in [-0.4, -0.2) is 17.4 Å². The van der Waals surface area contributed by atoms with E-state index in [0.29, 0.717) is 11.5 Å². The first kappa shape index (κ1) is 13.4. The summed E-state index contributed by atoms with van der Waals surface area (Å²) in [4.78, 5) is 11.9. The van der Waals surface area contributed by atoms with E-state index in [1.807, 2.05) is 6.92 Å². The van der Waals surface area contributed by atoms with Crippen molar-refractivity contribution in [3.63, 3.8) is 0 Å². The molecule has 0 saturated heterocycles. The fourth-order valence-corrected chi connectivity index (χ4v) is 1.36. The van der Waals surface area contributed by atoms with Gasteiger partial charge in [-0.3, -0.25) is 4.79 Å². The standard InChI is InChI=1S/C10H20N2OS/c1-3-5-6-8(4-2)10(13)12-7-9(11)14/h8H,3-7H2,1-2H3,(H2,11,14)(H,12,13). The molecule has 3 nitrogen and oxygen atoms in total. The summed E-state index contributed by atoms with van der Waals surface area (Å²) in [6.45, 7) is 4.47. The Morgan fingerprint density at radius 3 is 2.57 bits per heavy atom. The van der Waals surface area contributed by atoms with Gasteiger partial charge in [0.15, 0.2) is 0 Å². The fourth-order valence-electron chi connectivity index (χ4n) is 1.29. The molecule has 82 valence electrons. The van der Waals surface area contributed by atoms with Gasteiger partial charge in [0.05, 0.1) is 11.5 Å². The first-order valence-corrected chi connectivity index (χ1v) is 5.58. The van der Waals surface area contributed by atoms with Crippen LogP contribution < -0.4 is 11.1 Å². The predicted molar refractivity (Wildman–Crippen MR) is 63.1 cm³/mol. The van der Waals surface area contributed by atoms with Crippen molar-refractivity contribution < 1.29 is 4.79 Å². The Bertz CT molecular complexity index is 195. The number of hydrogen-bond donors (Lipinski definition) is 2. The Morgan fingerprint density at radius 1 is 1.50 bits per heavy atom. The number of carbonyl (C=O) groups excluding carboxylic acids is 1. The zero-order valence-corrected chi connectivity index (χ0v) is 9.82. The van der Waals surface area contributed by atoms with E-state index in [4.69, 9.17) is 5.73 Å². The van der Waals surface area contributed by atoms with Gasteiger partial charge in [0.1, 0.15) is 0 Å². The minimum atomic E-state index is 0.0775. The summed E-state index contributed by atoms with van der Waals surface area (Å²) >= 11 is 4.69. The lowest BCUT2D eigenvalue weighted by molar-refractivity contribution is -0.125. The molecule has 0 saturated carbocycles. The molecule has 0 heterocycles. The SMILES string of the molecule is CCCCC(CC)C(=O)NCC(N)=S. The number of nitrogens with one attached hydrogen (secondary N) is 1. The van der Waals surface area contributed by atoms with Gasteiger partial charge in [-0.15, -0.1) is 0 Å². The van der Waals surface area contributed by atoms with E-state index >= 15 is 0 Å². The Morgan fingerprint density at radius 2 is 2.14 bits per heavy atom. The number of thiocarbonyl (C=S) groups is 1. The monoisotopic (exact) mass is 216 g/mol. The Kier molecular flexibility index (Phi) is 7.38. The molecule has 1 amide bonds. The van der Waals surface area contributed by atoms with Gasteiger partial charge in [-0.1, -0.05) is 38.9 Å². The second-order valence-electron chi connectivity index (χ2n) is 3.43. The molecule has 0 radical (unpaired) electrons. The number of unbranched alkanes of at least 4 members (excludes halogenated alkanes) is 1. The maximum Gasteiger partial charge on any atom is 0.223 e. The van der Waals surface area contributed by atoms with Gasteiger partial charge >= 0.3 is 0 Å². The lowest BCUT2D eigenvalue weighted by atomic mass is 9.98. The van der Waals surface area contributed by atoms with Crippen molar-refractivity contribution in [3.8, 4) is 0 Å². The van der Waals surface area contributed by atoms with E-state index in [0.717, 1.165) is 25.7 Å². The number of rotatable bonds is 7. The van der Waals surface area contributed by atoms with Crippen LogP contribution in [0.1, 0.15) is 39.5 Å². The van der Waals surface area contributed by atoms with Crippen LogP contribution >= 0.6 is 12.2 Å². The number of carbonyl (C=O) groups is 1. The van der Waals surface area contributed by atoms with Crippen molar-refractivity contribution in [2.45, 2.75) is 39.5 Å². The van der Waals surface area contributed by atoms with Crippen LogP contribution in [0.15, 0.2) is 0 Å². The van der Waals surface area contributed by atoms with Crippen LogP contribution in [-0.2, 0) is 4.79 Å². The molecule has 0 fully saturated rings. The summed E-state index contributed by atoms with van der Waals surface area (Å²) in [5, 5.41) is 2.74. The largest absolute Gasteiger partial charge is 0.392 e. The Balaban J connectivity index is 3.85. The average Bonchev–Trinajstić information content (AvgIpc) is 2.16. The summed E-state index contributed by atoms with van der Waals surface area (Å²) in [5.41, 5.74) is 5.30. The highest BCUT2D eigenvalue weighted by molar-refractivity contribution is 7.80. The first-order chi connectivity index (χ1) is 6.61. The summed E-state index contributed by atoms with van der Waals surface area (Å²) < 4.78 is 0. The quantitative estimate of drug-likeness (QED) is 0.636. The highest BCUT2D eigenvalue weighted by atomic mass is 32.1. The molecule has 3 N–H and O–H groups in total. The smallest absolute Gasteiger partial charge is 0.223 e. The van der Waals surface area contributed by atoms with Gasteiger partial charge in [-0.2, -0.15) is 0 Å². The predicted octanol–water partition coefficient (Wildman–Crippen LogP) is 1.61. The maximum absolute atomic E-state index is 11.6. The molecule has 0 aliphatic carbocycles. The van der Waals surface area contributed by atoms with E-state index < -0.39 is 0 Å². The van der Waals surface area contributed by atoms with Crippen LogP contribution in [0.5, 0.6) is 0 Å². The van der Waals surface area contributed by atoms with Crippen LogP contribution in [0.2, 0.25) is 0 Å². The summed E-state index contributed by atoms with van der Waals surface area (Å²) in [7, 11) is 0. The van der Waals surface area contributed by atoms with Crippen molar-refractivity contribution in [2.75, 3.05) is 6.54 Å². The third-order valence-electron chi connectivity index (χ3n) is 2.21. The molecule has 0 aromatic carbocycles. The second kappa shape index (κ2) is 7.74. The second-order valence-corrected chi connectivity index (χ2v) is 3.96. The molecule has 1 atom stereocenters. The zero-order valence-electron chi connectivity index (χ0n) is 9.01. The molecule has 0 rings (SSSR count). The number of nitrogens with two attached hydrogens (primary N) is 1. The van der Waals surface area contributed by atoms with E-state index in [9.17, 15) is 4.79 Å². The maximum atomic E-state index is 11.6. The molecule has 1 unspecified atom stereocenters. The summed E-state index contributed by atoms with van der Waals surface area (Å²) in [5.74, 6) is 0.193. The van der Waals surface area contributed by atoms with E-state index in [-0.39, 0.29) is 11.8 Å². The molecular formula is C10H20N2OS. The van der Waals surface area contributed by atoms with Gasteiger partial charge in [0.2, 0.25) is 5.91 Å². The Hall–Kier alpha value is -0.640. The number of amides is 1. The normalized spacial score (nSPS) is 12.1. The minimum absolute atomic E-state index is 0.0775. The topological polar surface area (TPSA) is 55.1 Å². The molecular weight excluding hydrogens is 196 g/mol. The Labute approximate surface area is 91.4 Å². The van der Waals surface area contributed by atoms with Gasteiger partial charge in [0.25, 0.3) is 0 Å². The van der Waals surface area contributed by atoms with Crippen LogP contribution in [0.4, 0.5) is 0 Å². The van der Waals surface area contributed by atoms with Gasteiger partial charge < -0.3 is 11.1 Å². The molecule has 0 aromatic heterocycles. The van der Waals surface area contributed by atoms with Gasteiger partial charge in [-0.25, -0.2) is 0 Å². The minimum Gasteiger partial charge on any atom is -0.392 e. The first-order valence-electron chi connectivity index (χ1n) is 5.17. The van der Waals surface area contributed by atoms with Crippen molar-refractivity contribution in [1.82, 2.24) is 5.32 Å². The molecule has 0 aliphatic heterocycles. The van der Waals surface area contributed by atoms with Gasteiger partial charge in [-0.05, 0) is 12.8 Å². The van der Waals surface area contributed by atoms with Crippen molar-refractivity contribution in [2.24, 2.45) is 11.7 Å². The molecule has 0 aromatic rings. The highest BCUT2D eigenvalue weighted by Crippen LogP contribution is 2.12. The van der Waals surface area contributed by atoms with E-state index in [1.54, 1.807) is 0 Å². The molecule has 0 spiro atoms. The molecule has 0 aliphatic rings. The van der Waals surface area contributed by atoms with Crippen molar-refractivity contribution >= 4 is 23.1 Å². The van der Waals surface area contributed by atoms with Crippen molar-refractivity contribution in [1.29, 1.82) is 0 Å². The number of hydrogen-bond acceptors (Lipinski definition) is 2. The van der Waals surface area contributed by atoms with E-state index in [2.05, 4.69) is 24.5 Å². The third-order valence-corrected chi connectivity index (χ3v) is 2.35. The summed E-state index contributed by atoms with van der Waals surface area (Å²) in [6, 6.07) is 0. The lowest BCUT2D eigenvalue weighted by Crippen LogP contribution is -2.36. The fraction of sp³-hybridized carbons (Fsp3) is 0.800. The van der Waals surface area contributed by atoms with Crippen LogP contribution in [0.25, 0.3) is 0 Å². The van der Waals surface area contributed by atoms with Crippen LogP contribution in [0, 0.1) is 5.92 Å². The zero-order chi connectivity index (χ0) is 11.0. The molecule has 4 heteroatoms. The highest BCUT2D eigenvalue weighted by Gasteiger charge is 2.14. The average molecular weight is 216 g/mol. The molecule has 14 heavy (non-hydrogen) atoms.